The van der Waals surface area contributed by atoms with Crippen molar-refractivity contribution in [1.82, 2.24) is 29.0 Å². The van der Waals surface area contributed by atoms with Crippen LogP contribution in [0.15, 0.2) is 53.6 Å². The Bertz CT molecular complexity index is 1430. The standard InChI is InChI=1S/C22H21ClN8O2/c1-28(2)20(32)14-12-25-22(24)26-18(14)29-10-9-16(29)19-27-30-11-8-15(23)17(30)21(33)31(19)13-6-4-3-5-7-13/h3-8,11-12,16H,9-10H2,1-2H3,(H2,24,25,26). The van der Waals surface area contributed by atoms with E-state index < -0.39 is 0 Å². The Morgan fingerprint density at radius 1 is 1.21 bits per heavy atom. The third-order valence-electron chi connectivity index (χ3n) is 5.69. The number of nitrogen functional groups attached to an aromatic ring is 1. The van der Waals surface area contributed by atoms with Crippen LogP contribution >= 0.6 is 11.6 Å². The van der Waals surface area contributed by atoms with Crippen LogP contribution < -0.4 is 16.2 Å². The minimum absolute atomic E-state index is 0.0620. The van der Waals surface area contributed by atoms with Gasteiger partial charge in [0, 0.05) is 33.0 Å². The second kappa shape index (κ2) is 7.89. The van der Waals surface area contributed by atoms with Crippen molar-refractivity contribution in [2.24, 2.45) is 0 Å². The maximum Gasteiger partial charge on any atom is 0.284 e. The number of anilines is 2. The van der Waals surface area contributed by atoms with Crippen molar-refractivity contribution in [3.63, 3.8) is 0 Å². The molecule has 0 saturated carbocycles. The van der Waals surface area contributed by atoms with Crippen molar-refractivity contribution >= 4 is 34.8 Å². The summed E-state index contributed by atoms with van der Waals surface area (Å²) in [5.41, 5.74) is 6.88. The van der Waals surface area contributed by atoms with E-state index in [0.717, 1.165) is 0 Å². The van der Waals surface area contributed by atoms with Crippen molar-refractivity contribution in [2.45, 2.75) is 12.5 Å². The highest BCUT2D eigenvalue weighted by atomic mass is 35.5. The molecule has 3 aromatic heterocycles. The SMILES string of the molecule is CN(C)C(=O)c1cnc(N)nc1N1CCC1c1nn2ccc(Cl)c2c(=O)n1-c1ccccc1. The van der Waals surface area contributed by atoms with Crippen LogP contribution in [-0.2, 0) is 0 Å². The summed E-state index contributed by atoms with van der Waals surface area (Å²) in [6.07, 6.45) is 3.80. The number of carbonyl (C=O) groups is 1. The summed E-state index contributed by atoms with van der Waals surface area (Å²) in [6, 6.07) is 10.6. The van der Waals surface area contributed by atoms with Crippen molar-refractivity contribution in [3.8, 4) is 5.69 Å². The molecule has 1 aromatic carbocycles. The fraction of sp³-hybridized carbons (Fsp3) is 0.227. The number of para-hydroxylation sites is 1. The topological polar surface area (TPSA) is 115 Å². The first-order valence-electron chi connectivity index (χ1n) is 10.3. The van der Waals surface area contributed by atoms with Crippen LogP contribution in [0.1, 0.15) is 28.6 Å². The quantitative estimate of drug-likeness (QED) is 0.492. The van der Waals surface area contributed by atoms with E-state index in [0.29, 0.717) is 46.4 Å². The minimum atomic E-state index is -0.313. The molecule has 1 unspecified atom stereocenters. The van der Waals surface area contributed by atoms with Gasteiger partial charge in [0.05, 0.1) is 16.8 Å². The summed E-state index contributed by atoms with van der Waals surface area (Å²) in [5, 5.41) is 5.08. The Kier molecular flexibility index (Phi) is 5.01. The number of hydrogen-bond acceptors (Lipinski definition) is 7. The first kappa shape index (κ1) is 21.0. The number of fused-ring (bicyclic) bond motifs is 1. The van der Waals surface area contributed by atoms with E-state index in [9.17, 15) is 9.59 Å². The lowest BCUT2D eigenvalue weighted by atomic mass is 10.0. The molecule has 1 saturated heterocycles. The van der Waals surface area contributed by atoms with Crippen LogP contribution in [0.3, 0.4) is 0 Å². The highest BCUT2D eigenvalue weighted by molar-refractivity contribution is 6.33. The zero-order valence-corrected chi connectivity index (χ0v) is 18.8. The molecule has 5 rings (SSSR count). The van der Waals surface area contributed by atoms with Crippen LogP contribution in [0, 0.1) is 0 Å². The molecular formula is C22H21ClN8O2. The Morgan fingerprint density at radius 2 is 1.97 bits per heavy atom. The highest BCUT2D eigenvalue weighted by Gasteiger charge is 2.38. The minimum Gasteiger partial charge on any atom is -0.368 e. The summed E-state index contributed by atoms with van der Waals surface area (Å²) in [6.45, 7) is 0.615. The lowest BCUT2D eigenvalue weighted by Crippen LogP contribution is -2.46. The van der Waals surface area contributed by atoms with E-state index in [-0.39, 0.29) is 23.5 Å². The Hall–Kier alpha value is -3.92. The summed E-state index contributed by atoms with van der Waals surface area (Å²) in [7, 11) is 3.32. The predicted octanol–water partition coefficient (Wildman–Crippen LogP) is 2.16. The van der Waals surface area contributed by atoms with Crippen LogP contribution in [0.4, 0.5) is 11.8 Å². The molecule has 1 aliphatic rings. The lowest BCUT2D eigenvalue weighted by molar-refractivity contribution is 0.0827. The molecule has 33 heavy (non-hydrogen) atoms. The molecule has 0 radical (unpaired) electrons. The molecule has 10 nitrogen and oxygen atoms in total. The fourth-order valence-electron chi connectivity index (χ4n) is 4.00. The molecule has 0 spiro atoms. The van der Waals surface area contributed by atoms with Gasteiger partial charge < -0.3 is 15.5 Å². The number of nitrogens with zero attached hydrogens (tertiary/aromatic N) is 7. The first-order chi connectivity index (χ1) is 15.9. The number of amides is 1. The highest BCUT2D eigenvalue weighted by Crippen LogP contribution is 2.38. The molecule has 1 aliphatic heterocycles. The van der Waals surface area contributed by atoms with Crippen molar-refractivity contribution in [2.75, 3.05) is 31.3 Å². The summed E-state index contributed by atoms with van der Waals surface area (Å²) in [4.78, 5) is 38.1. The van der Waals surface area contributed by atoms with Gasteiger partial charge >= 0.3 is 0 Å². The molecule has 4 aromatic rings. The summed E-state index contributed by atoms with van der Waals surface area (Å²) in [5.74, 6) is 0.748. The predicted molar refractivity (Wildman–Crippen MR) is 125 cm³/mol. The van der Waals surface area contributed by atoms with Crippen LogP contribution in [0.2, 0.25) is 5.02 Å². The van der Waals surface area contributed by atoms with Gasteiger partial charge in [-0.1, -0.05) is 29.8 Å². The van der Waals surface area contributed by atoms with Gasteiger partial charge in [0.2, 0.25) is 5.95 Å². The Balaban J connectivity index is 1.70. The molecule has 2 N–H and O–H groups in total. The third-order valence-corrected chi connectivity index (χ3v) is 6.00. The number of benzene rings is 1. The Morgan fingerprint density at radius 3 is 2.64 bits per heavy atom. The summed E-state index contributed by atoms with van der Waals surface area (Å²) < 4.78 is 3.06. The van der Waals surface area contributed by atoms with E-state index in [2.05, 4.69) is 9.97 Å². The van der Waals surface area contributed by atoms with Crippen LogP contribution in [-0.4, -0.2) is 55.6 Å². The smallest absolute Gasteiger partial charge is 0.284 e. The molecule has 1 atom stereocenters. The van der Waals surface area contributed by atoms with E-state index >= 15 is 0 Å². The van der Waals surface area contributed by atoms with E-state index in [1.165, 1.54) is 15.6 Å². The number of carbonyl (C=O) groups excluding carboxylic acids is 1. The molecule has 1 fully saturated rings. The van der Waals surface area contributed by atoms with Gasteiger partial charge in [-0.25, -0.2) is 9.50 Å². The maximum atomic E-state index is 13.5. The van der Waals surface area contributed by atoms with Gasteiger partial charge in [-0.05, 0) is 24.6 Å². The average Bonchev–Trinajstić information content (AvgIpc) is 3.14. The fourth-order valence-corrected chi connectivity index (χ4v) is 4.22. The second-order valence-corrected chi connectivity index (χ2v) is 8.36. The lowest BCUT2D eigenvalue weighted by Gasteiger charge is -2.42. The maximum absolute atomic E-state index is 13.5. The zero-order chi connectivity index (χ0) is 23.3. The van der Waals surface area contributed by atoms with Crippen LogP contribution in [0.25, 0.3) is 11.2 Å². The molecule has 1 amide bonds. The van der Waals surface area contributed by atoms with E-state index in [4.69, 9.17) is 22.4 Å². The van der Waals surface area contributed by atoms with Crippen LogP contribution in [0.5, 0.6) is 0 Å². The van der Waals surface area contributed by atoms with Gasteiger partial charge in [-0.2, -0.15) is 10.1 Å². The second-order valence-electron chi connectivity index (χ2n) is 7.95. The van der Waals surface area contributed by atoms with Gasteiger partial charge in [0.15, 0.2) is 5.82 Å². The van der Waals surface area contributed by atoms with Gasteiger partial charge in [0.25, 0.3) is 11.5 Å². The molecule has 0 bridgehead atoms. The number of nitrogens with two attached hydrogens (primary N) is 1. The average molecular weight is 465 g/mol. The Labute approximate surface area is 193 Å². The molecule has 4 heterocycles. The summed E-state index contributed by atoms with van der Waals surface area (Å²) >= 11 is 6.29. The van der Waals surface area contributed by atoms with E-state index in [1.54, 1.807) is 30.9 Å². The van der Waals surface area contributed by atoms with Crippen molar-refractivity contribution in [1.29, 1.82) is 0 Å². The largest absolute Gasteiger partial charge is 0.368 e. The van der Waals surface area contributed by atoms with Gasteiger partial charge in [0.1, 0.15) is 16.9 Å². The molecule has 168 valence electrons. The van der Waals surface area contributed by atoms with Crippen molar-refractivity contribution in [3.05, 3.63) is 75.6 Å². The van der Waals surface area contributed by atoms with E-state index in [1.807, 2.05) is 35.2 Å². The van der Waals surface area contributed by atoms with Crippen molar-refractivity contribution < 1.29 is 4.79 Å². The third kappa shape index (κ3) is 3.39. The molecule has 11 heteroatoms. The zero-order valence-electron chi connectivity index (χ0n) is 18.0. The number of aromatic nitrogens is 5. The van der Waals surface area contributed by atoms with Gasteiger partial charge in [-0.15, -0.1) is 0 Å². The normalized spacial score (nSPS) is 15.5. The monoisotopic (exact) mass is 464 g/mol. The molecule has 0 aliphatic carbocycles. The molecular weight excluding hydrogens is 444 g/mol. The number of rotatable bonds is 4. The number of hydrogen-bond donors (Lipinski definition) is 1. The number of halogens is 1. The first-order valence-corrected chi connectivity index (χ1v) is 10.7. The van der Waals surface area contributed by atoms with Gasteiger partial charge in [-0.3, -0.25) is 14.2 Å².